The van der Waals surface area contributed by atoms with E-state index in [0.29, 0.717) is 12.0 Å². The normalized spacial score (nSPS) is 16.7. The summed E-state index contributed by atoms with van der Waals surface area (Å²) < 4.78 is 0. The predicted octanol–water partition coefficient (Wildman–Crippen LogP) is 3.34. The zero-order valence-corrected chi connectivity index (χ0v) is 12.6. The average Bonchev–Trinajstić information content (AvgIpc) is 2.55. The fourth-order valence-corrected chi connectivity index (χ4v) is 3.13. The van der Waals surface area contributed by atoms with Gasteiger partial charge in [0.15, 0.2) is 0 Å². The third-order valence-electron chi connectivity index (χ3n) is 4.40. The van der Waals surface area contributed by atoms with Crippen molar-refractivity contribution in [3.05, 3.63) is 35.4 Å². The lowest BCUT2D eigenvalue weighted by molar-refractivity contribution is -0.144. The Kier molecular flexibility index (Phi) is 5.71. The second-order valence-electron chi connectivity index (χ2n) is 6.06. The van der Waals surface area contributed by atoms with E-state index in [1.165, 1.54) is 6.42 Å². The summed E-state index contributed by atoms with van der Waals surface area (Å²) in [4.78, 5) is 23.8. The molecule has 0 saturated heterocycles. The van der Waals surface area contributed by atoms with Crippen LogP contribution >= 0.6 is 0 Å². The van der Waals surface area contributed by atoms with Crippen LogP contribution in [0.3, 0.4) is 0 Å². The van der Waals surface area contributed by atoms with Gasteiger partial charge in [0.2, 0.25) is 0 Å². The molecule has 1 aliphatic carbocycles. The van der Waals surface area contributed by atoms with Gasteiger partial charge in [-0.05, 0) is 37.0 Å². The minimum absolute atomic E-state index is 0.0426. The van der Waals surface area contributed by atoms with Crippen molar-refractivity contribution in [2.24, 2.45) is 11.8 Å². The van der Waals surface area contributed by atoms with Crippen LogP contribution in [-0.2, 0) is 16.0 Å². The highest BCUT2D eigenvalue weighted by Gasteiger charge is 2.27. The summed E-state index contributed by atoms with van der Waals surface area (Å²) in [6, 6.07) is 8.98. The highest BCUT2D eigenvalue weighted by Crippen LogP contribution is 2.27. The highest BCUT2D eigenvalue weighted by molar-refractivity contribution is 5.85. The van der Waals surface area contributed by atoms with Crippen LogP contribution in [0, 0.1) is 23.2 Å². The fourth-order valence-electron chi connectivity index (χ4n) is 3.13. The molecule has 4 nitrogen and oxygen atoms in total. The largest absolute Gasteiger partial charge is 0.481 e. The van der Waals surface area contributed by atoms with E-state index >= 15 is 0 Å². The number of hydrogen-bond acceptors (Lipinski definition) is 3. The molecule has 1 saturated carbocycles. The Balaban J connectivity index is 2.01. The van der Waals surface area contributed by atoms with E-state index in [2.05, 4.69) is 0 Å². The minimum atomic E-state index is -0.938. The third-order valence-corrected chi connectivity index (χ3v) is 4.40. The van der Waals surface area contributed by atoms with Crippen molar-refractivity contribution in [1.82, 2.24) is 0 Å². The molecule has 0 aromatic heterocycles. The predicted molar refractivity (Wildman–Crippen MR) is 82.2 cm³/mol. The Morgan fingerprint density at radius 2 is 2.00 bits per heavy atom. The lowest BCUT2D eigenvalue weighted by Crippen LogP contribution is -2.25. The Morgan fingerprint density at radius 1 is 1.27 bits per heavy atom. The highest BCUT2D eigenvalue weighted by atomic mass is 16.4. The van der Waals surface area contributed by atoms with E-state index in [1.54, 1.807) is 18.2 Å². The number of carboxylic acids is 1. The van der Waals surface area contributed by atoms with Gasteiger partial charge >= 0.3 is 5.97 Å². The molecule has 1 N–H and O–H groups in total. The Morgan fingerprint density at radius 3 is 2.64 bits per heavy atom. The third kappa shape index (κ3) is 4.42. The molecule has 1 aromatic carbocycles. The van der Waals surface area contributed by atoms with Gasteiger partial charge in [0.25, 0.3) is 0 Å². The number of aliphatic carboxylic acids is 1. The van der Waals surface area contributed by atoms with Crippen molar-refractivity contribution in [2.75, 3.05) is 0 Å². The van der Waals surface area contributed by atoms with Gasteiger partial charge in [-0.3, -0.25) is 9.59 Å². The van der Waals surface area contributed by atoms with Crippen molar-refractivity contribution in [3.63, 3.8) is 0 Å². The summed E-state index contributed by atoms with van der Waals surface area (Å²) in [6.07, 6.45) is 5.49. The summed E-state index contributed by atoms with van der Waals surface area (Å²) in [5.41, 5.74) is 1.31. The molecule has 1 aliphatic rings. The number of ketones is 1. The van der Waals surface area contributed by atoms with Crippen molar-refractivity contribution < 1.29 is 14.7 Å². The topological polar surface area (TPSA) is 78.2 Å². The van der Waals surface area contributed by atoms with Gasteiger partial charge in [0, 0.05) is 12.3 Å². The van der Waals surface area contributed by atoms with Crippen molar-refractivity contribution in [3.8, 4) is 6.07 Å². The van der Waals surface area contributed by atoms with Gasteiger partial charge in [0.05, 0.1) is 17.6 Å². The zero-order valence-electron chi connectivity index (χ0n) is 12.6. The van der Waals surface area contributed by atoms with Crippen molar-refractivity contribution >= 4 is 11.8 Å². The second-order valence-corrected chi connectivity index (χ2v) is 6.06. The molecule has 116 valence electrons. The van der Waals surface area contributed by atoms with Gasteiger partial charge < -0.3 is 5.11 Å². The fraction of sp³-hybridized carbons (Fsp3) is 0.500. The number of nitrogens with zero attached hydrogens (tertiary/aromatic N) is 1. The lowest BCUT2D eigenvalue weighted by Gasteiger charge is -2.22. The van der Waals surface area contributed by atoms with Crippen molar-refractivity contribution in [1.29, 1.82) is 5.26 Å². The lowest BCUT2D eigenvalue weighted by atomic mass is 9.82. The molecule has 0 amide bonds. The first kappa shape index (κ1) is 16.2. The SMILES string of the molecule is N#Cc1cccc(CC(CC(=O)C2CCCCC2)C(=O)O)c1. The number of benzene rings is 1. The van der Waals surface area contributed by atoms with Crippen LogP contribution in [0.25, 0.3) is 0 Å². The maximum Gasteiger partial charge on any atom is 0.307 e. The van der Waals surface area contributed by atoms with Crippen LogP contribution in [0.2, 0.25) is 0 Å². The number of hydrogen-bond donors (Lipinski definition) is 1. The van der Waals surface area contributed by atoms with Crippen molar-refractivity contribution in [2.45, 2.75) is 44.9 Å². The van der Waals surface area contributed by atoms with Crippen LogP contribution in [0.1, 0.15) is 49.7 Å². The first-order valence-corrected chi connectivity index (χ1v) is 7.84. The number of carboxylic acid groups (broad SMARTS) is 1. The standard InChI is InChI=1S/C18H21NO3/c19-12-14-6-4-5-13(9-14)10-16(18(21)22)11-17(20)15-7-2-1-3-8-15/h4-6,9,15-16H,1-3,7-8,10-11H2,(H,21,22). The minimum Gasteiger partial charge on any atom is -0.481 e. The van der Waals surface area contributed by atoms with Gasteiger partial charge in [-0.1, -0.05) is 31.4 Å². The summed E-state index contributed by atoms with van der Waals surface area (Å²) in [7, 11) is 0. The second kappa shape index (κ2) is 7.74. The molecule has 0 heterocycles. The summed E-state index contributed by atoms with van der Waals surface area (Å²) in [5.74, 6) is -1.51. The monoisotopic (exact) mass is 299 g/mol. The smallest absolute Gasteiger partial charge is 0.307 e. The molecule has 0 radical (unpaired) electrons. The van der Waals surface area contributed by atoms with Crippen LogP contribution in [0.15, 0.2) is 24.3 Å². The van der Waals surface area contributed by atoms with E-state index < -0.39 is 11.9 Å². The molecule has 22 heavy (non-hydrogen) atoms. The molecular weight excluding hydrogens is 278 g/mol. The van der Waals surface area contributed by atoms with Gasteiger partial charge in [-0.2, -0.15) is 5.26 Å². The van der Waals surface area contributed by atoms with E-state index in [9.17, 15) is 14.7 Å². The van der Waals surface area contributed by atoms with Crippen LogP contribution < -0.4 is 0 Å². The molecule has 1 unspecified atom stereocenters. The molecule has 0 spiro atoms. The number of nitriles is 1. The zero-order chi connectivity index (χ0) is 15.9. The molecule has 0 bridgehead atoms. The Labute approximate surface area is 130 Å². The molecule has 1 aromatic rings. The van der Waals surface area contributed by atoms with E-state index in [1.807, 2.05) is 12.1 Å². The first-order valence-electron chi connectivity index (χ1n) is 7.84. The molecule has 2 rings (SSSR count). The van der Waals surface area contributed by atoms with Crippen LogP contribution in [0.5, 0.6) is 0 Å². The van der Waals surface area contributed by atoms with E-state index in [0.717, 1.165) is 31.2 Å². The van der Waals surface area contributed by atoms with Crippen LogP contribution in [0.4, 0.5) is 0 Å². The molecule has 1 fully saturated rings. The molecule has 1 atom stereocenters. The molecule has 0 aliphatic heterocycles. The maximum atomic E-state index is 12.3. The number of Topliss-reactive ketones (excluding diaryl/α,β-unsaturated/α-hetero) is 1. The van der Waals surface area contributed by atoms with Gasteiger partial charge in [-0.25, -0.2) is 0 Å². The Hall–Kier alpha value is -2.15. The quantitative estimate of drug-likeness (QED) is 0.873. The number of carbonyl (C=O) groups excluding carboxylic acids is 1. The van der Waals surface area contributed by atoms with Crippen LogP contribution in [-0.4, -0.2) is 16.9 Å². The van der Waals surface area contributed by atoms with Gasteiger partial charge in [-0.15, -0.1) is 0 Å². The summed E-state index contributed by atoms with van der Waals surface area (Å²) in [5, 5.41) is 18.3. The average molecular weight is 299 g/mol. The van der Waals surface area contributed by atoms with Gasteiger partial charge in [0.1, 0.15) is 5.78 Å². The molecular formula is C18H21NO3. The molecule has 4 heteroatoms. The summed E-state index contributed by atoms with van der Waals surface area (Å²) in [6.45, 7) is 0. The Bertz CT molecular complexity index is 582. The van der Waals surface area contributed by atoms with E-state index in [-0.39, 0.29) is 18.1 Å². The maximum absolute atomic E-state index is 12.3. The summed E-state index contributed by atoms with van der Waals surface area (Å²) >= 11 is 0. The number of carbonyl (C=O) groups is 2. The number of rotatable bonds is 6. The van der Waals surface area contributed by atoms with E-state index in [4.69, 9.17) is 5.26 Å². The first-order chi connectivity index (χ1) is 10.6.